The topological polar surface area (TPSA) is 83.7 Å². The first kappa shape index (κ1) is 23.5. The minimum Gasteiger partial charge on any atom is -0.489 e. The summed E-state index contributed by atoms with van der Waals surface area (Å²) < 4.78 is 11.2. The highest BCUT2D eigenvalue weighted by atomic mass is 16.5. The molecular weight excluding hydrogens is 454 g/mol. The van der Waals surface area contributed by atoms with E-state index in [1.54, 1.807) is 11.8 Å². The second-order valence-electron chi connectivity index (χ2n) is 8.79. The maximum atomic E-state index is 13.2. The maximum Gasteiger partial charge on any atom is 0.321 e. The van der Waals surface area contributed by atoms with Crippen molar-refractivity contribution in [3.05, 3.63) is 95.7 Å². The number of aromatic amines is 1. The van der Waals surface area contributed by atoms with Crippen LogP contribution in [-0.4, -0.2) is 41.6 Å². The zero-order valence-corrected chi connectivity index (χ0v) is 20.2. The minimum absolute atomic E-state index is 0.239. The van der Waals surface area contributed by atoms with Crippen LogP contribution in [0.1, 0.15) is 29.7 Å². The van der Waals surface area contributed by atoms with Gasteiger partial charge in [-0.15, -0.1) is 0 Å². The van der Waals surface area contributed by atoms with E-state index < -0.39 is 5.92 Å². The van der Waals surface area contributed by atoms with Crippen LogP contribution in [0, 0.1) is 0 Å². The third-order valence-electron chi connectivity index (χ3n) is 6.44. The van der Waals surface area contributed by atoms with Crippen LogP contribution in [0.2, 0.25) is 0 Å². The molecule has 1 atom stereocenters. The number of urea groups is 1. The molecule has 184 valence electrons. The van der Waals surface area contributed by atoms with E-state index in [0.717, 1.165) is 33.5 Å². The Morgan fingerprint density at radius 3 is 2.53 bits per heavy atom. The molecule has 7 heteroatoms. The maximum absolute atomic E-state index is 13.2. The molecule has 0 spiro atoms. The number of hydrogen-bond donors (Lipinski definition) is 2. The fourth-order valence-corrected chi connectivity index (χ4v) is 4.64. The molecule has 1 aliphatic heterocycles. The fraction of sp³-hybridized carbons (Fsp3) is 0.241. The summed E-state index contributed by atoms with van der Waals surface area (Å²) in [4.78, 5) is 31.2. The standard InChI is InChI=1S/C29H29N3O4/c1-2-35-28(33)25-18-32(17-16-24-23-10-6-7-11-26(23)31-27(24)25)29(34)30-21-12-14-22(15-13-21)36-19-20-8-4-3-5-9-20/h3-15,25,31H,2,16-19H2,1H3,(H,30,34). The van der Waals surface area contributed by atoms with Crippen molar-refractivity contribution in [2.24, 2.45) is 0 Å². The number of carbonyl (C=O) groups is 2. The number of hydrogen-bond acceptors (Lipinski definition) is 4. The zero-order chi connectivity index (χ0) is 24.9. The van der Waals surface area contributed by atoms with E-state index in [2.05, 4.69) is 10.3 Å². The Balaban J connectivity index is 1.28. The summed E-state index contributed by atoms with van der Waals surface area (Å²) in [5, 5.41) is 4.04. The van der Waals surface area contributed by atoms with Gasteiger partial charge in [0.15, 0.2) is 0 Å². The Morgan fingerprint density at radius 2 is 1.75 bits per heavy atom. The molecule has 2 amide bonds. The van der Waals surface area contributed by atoms with Crippen molar-refractivity contribution in [3.63, 3.8) is 0 Å². The van der Waals surface area contributed by atoms with Crippen LogP contribution in [0.25, 0.3) is 10.9 Å². The lowest BCUT2D eigenvalue weighted by atomic mass is 10.00. The predicted octanol–water partition coefficient (Wildman–Crippen LogP) is 5.48. The highest BCUT2D eigenvalue weighted by Gasteiger charge is 2.34. The van der Waals surface area contributed by atoms with Gasteiger partial charge in [-0.2, -0.15) is 0 Å². The van der Waals surface area contributed by atoms with Crippen LogP contribution in [0.4, 0.5) is 10.5 Å². The third kappa shape index (κ3) is 5.05. The van der Waals surface area contributed by atoms with Gasteiger partial charge in [0.05, 0.1) is 6.61 Å². The Bertz CT molecular complexity index is 1350. The van der Waals surface area contributed by atoms with Crippen LogP contribution in [0.3, 0.4) is 0 Å². The number of nitrogens with one attached hydrogen (secondary N) is 2. The van der Waals surface area contributed by atoms with Crippen molar-refractivity contribution >= 4 is 28.6 Å². The number of fused-ring (bicyclic) bond motifs is 3. The van der Waals surface area contributed by atoms with Crippen LogP contribution in [-0.2, 0) is 22.6 Å². The smallest absolute Gasteiger partial charge is 0.321 e. The number of carbonyl (C=O) groups excluding carboxylic acids is 2. The number of esters is 1. The number of rotatable bonds is 6. The summed E-state index contributed by atoms with van der Waals surface area (Å²) >= 11 is 0. The quantitative estimate of drug-likeness (QED) is 0.356. The molecule has 3 aromatic carbocycles. The molecule has 0 saturated heterocycles. The molecule has 2 N–H and O–H groups in total. The monoisotopic (exact) mass is 483 g/mol. The van der Waals surface area contributed by atoms with Crippen molar-refractivity contribution in [2.45, 2.75) is 25.9 Å². The van der Waals surface area contributed by atoms with Crippen molar-refractivity contribution in [2.75, 3.05) is 25.0 Å². The predicted molar refractivity (Wildman–Crippen MR) is 139 cm³/mol. The number of ether oxygens (including phenoxy) is 2. The van der Waals surface area contributed by atoms with E-state index in [-0.39, 0.29) is 25.2 Å². The Labute approximate surface area is 210 Å². The van der Waals surface area contributed by atoms with E-state index >= 15 is 0 Å². The molecule has 0 saturated carbocycles. The molecule has 1 unspecified atom stereocenters. The number of para-hydroxylation sites is 1. The Morgan fingerprint density at radius 1 is 1.00 bits per heavy atom. The first-order valence-electron chi connectivity index (χ1n) is 12.2. The molecule has 1 aromatic heterocycles. The summed E-state index contributed by atoms with van der Waals surface area (Å²) in [6, 6.07) is 25.0. The molecule has 1 aliphatic rings. The number of nitrogens with zero attached hydrogens (tertiary/aromatic N) is 1. The number of amides is 2. The first-order chi connectivity index (χ1) is 17.6. The molecule has 5 rings (SSSR count). The lowest BCUT2D eigenvalue weighted by Crippen LogP contribution is -2.39. The number of anilines is 1. The lowest BCUT2D eigenvalue weighted by molar-refractivity contribution is -0.145. The SMILES string of the molecule is CCOC(=O)C1CN(C(=O)Nc2ccc(OCc3ccccc3)cc2)CCc2c1[nH]c1ccccc21. The second kappa shape index (κ2) is 10.6. The van der Waals surface area contributed by atoms with Gasteiger partial charge < -0.3 is 24.7 Å². The zero-order valence-electron chi connectivity index (χ0n) is 20.2. The summed E-state index contributed by atoms with van der Waals surface area (Å²) in [5.41, 5.74) is 4.64. The van der Waals surface area contributed by atoms with Crippen LogP contribution < -0.4 is 10.1 Å². The van der Waals surface area contributed by atoms with Crippen molar-refractivity contribution in [1.82, 2.24) is 9.88 Å². The number of aromatic nitrogens is 1. The van der Waals surface area contributed by atoms with Gasteiger partial charge in [-0.25, -0.2) is 4.79 Å². The summed E-state index contributed by atoms with van der Waals surface area (Å²) in [6.45, 7) is 3.29. The summed E-state index contributed by atoms with van der Waals surface area (Å²) in [6.07, 6.45) is 0.648. The molecule has 4 aromatic rings. The summed E-state index contributed by atoms with van der Waals surface area (Å²) in [5.74, 6) is -0.182. The third-order valence-corrected chi connectivity index (χ3v) is 6.44. The van der Waals surface area contributed by atoms with Gasteiger partial charge >= 0.3 is 12.0 Å². The lowest BCUT2D eigenvalue weighted by Gasteiger charge is -2.24. The highest BCUT2D eigenvalue weighted by Crippen LogP contribution is 2.32. The van der Waals surface area contributed by atoms with Crippen molar-refractivity contribution in [3.8, 4) is 5.75 Å². The largest absolute Gasteiger partial charge is 0.489 e. The van der Waals surface area contributed by atoms with E-state index in [4.69, 9.17) is 9.47 Å². The Kier molecular flexibility index (Phi) is 6.89. The van der Waals surface area contributed by atoms with Gasteiger partial charge in [0.25, 0.3) is 0 Å². The van der Waals surface area contributed by atoms with Gasteiger partial charge in [0.1, 0.15) is 18.3 Å². The van der Waals surface area contributed by atoms with E-state index in [9.17, 15) is 9.59 Å². The van der Waals surface area contributed by atoms with Crippen LogP contribution in [0.15, 0.2) is 78.9 Å². The Hall–Kier alpha value is -4.26. The van der Waals surface area contributed by atoms with Crippen LogP contribution in [0.5, 0.6) is 5.75 Å². The molecular formula is C29H29N3O4. The highest BCUT2D eigenvalue weighted by molar-refractivity contribution is 5.92. The van der Waals surface area contributed by atoms with Crippen molar-refractivity contribution < 1.29 is 19.1 Å². The molecule has 2 heterocycles. The first-order valence-corrected chi connectivity index (χ1v) is 12.2. The van der Waals surface area contributed by atoms with Crippen LogP contribution >= 0.6 is 0 Å². The molecule has 36 heavy (non-hydrogen) atoms. The van der Waals surface area contributed by atoms with Gasteiger partial charge in [0.2, 0.25) is 0 Å². The normalized spacial score (nSPS) is 15.1. The molecule has 0 aliphatic carbocycles. The average Bonchev–Trinajstić information content (AvgIpc) is 3.16. The van der Waals surface area contributed by atoms with Gasteiger partial charge in [-0.1, -0.05) is 48.5 Å². The average molecular weight is 484 g/mol. The van der Waals surface area contributed by atoms with E-state index in [1.807, 2.05) is 78.9 Å². The molecule has 0 radical (unpaired) electrons. The van der Waals surface area contributed by atoms with E-state index in [0.29, 0.717) is 25.3 Å². The summed E-state index contributed by atoms with van der Waals surface area (Å²) in [7, 11) is 0. The van der Waals surface area contributed by atoms with E-state index in [1.165, 1.54) is 0 Å². The molecule has 0 bridgehead atoms. The number of benzene rings is 3. The van der Waals surface area contributed by atoms with Crippen molar-refractivity contribution in [1.29, 1.82) is 0 Å². The fourth-order valence-electron chi connectivity index (χ4n) is 4.64. The van der Waals surface area contributed by atoms with Gasteiger partial charge in [-0.3, -0.25) is 4.79 Å². The minimum atomic E-state index is -0.575. The second-order valence-corrected chi connectivity index (χ2v) is 8.79. The number of H-pyrrole nitrogens is 1. The van der Waals surface area contributed by atoms with Gasteiger partial charge in [0, 0.05) is 35.4 Å². The van der Waals surface area contributed by atoms with Gasteiger partial charge in [-0.05, 0) is 54.8 Å². The molecule has 7 nitrogen and oxygen atoms in total. The molecule has 0 fully saturated rings.